The van der Waals surface area contributed by atoms with Crippen molar-refractivity contribution < 1.29 is 0 Å². The van der Waals surface area contributed by atoms with Crippen LogP contribution in [0.2, 0.25) is 0 Å². The van der Waals surface area contributed by atoms with E-state index in [1.165, 1.54) is 51.1 Å². The summed E-state index contributed by atoms with van der Waals surface area (Å²) in [6, 6.07) is 0.841. The number of hydrogen-bond donors (Lipinski definition) is 2. The Balaban J connectivity index is 1.44. The van der Waals surface area contributed by atoms with Gasteiger partial charge in [0, 0.05) is 23.6 Å². The van der Waals surface area contributed by atoms with Gasteiger partial charge in [-0.25, -0.2) is 0 Å². The summed E-state index contributed by atoms with van der Waals surface area (Å²) in [6.45, 7) is 6.02. The van der Waals surface area contributed by atoms with Gasteiger partial charge >= 0.3 is 0 Å². The maximum atomic E-state index is 3.65. The minimum atomic E-state index is 0.841. The highest BCUT2D eigenvalue weighted by molar-refractivity contribution is 7.99. The highest BCUT2D eigenvalue weighted by atomic mass is 32.2. The van der Waals surface area contributed by atoms with Crippen LogP contribution >= 0.6 is 11.8 Å². The Bertz CT molecular complexity index is 174. The van der Waals surface area contributed by atoms with Gasteiger partial charge in [0.15, 0.2) is 0 Å². The topological polar surface area (TPSA) is 24.1 Å². The molecule has 2 aliphatic rings. The van der Waals surface area contributed by atoms with Crippen molar-refractivity contribution in [2.24, 2.45) is 5.92 Å². The lowest BCUT2D eigenvalue weighted by atomic mass is 9.82. The summed E-state index contributed by atoms with van der Waals surface area (Å²) in [4.78, 5) is 0. The smallest absolute Gasteiger partial charge is 0.00724 e. The van der Waals surface area contributed by atoms with Crippen LogP contribution in [0.1, 0.15) is 32.6 Å². The molecule has 0 radical (unpaired) electrons. The SMILES string of the molecule is CC1CC(NCCSC2CCNCC2)C1. The molecule has 2 fully saturated rings. The summed E-state index contributed by atoms with van der Waals surface area (Å²) in [5, 5.41) is 7.99. The van der Waals surface area contributed by atoms with E-state index in [-0.39, 0.29) is 0 Å². The molecule has 15 heavy (non-hydrogen) atoms. The summed E-state index contributed by atoms with van der Waals surface area (Å²) in [6.07, 6.45) is 5.53. The lowest BCUT2D eigenvalue weighted by Crippen LogP contribution is -2.41. The molecule has 3 heteroatoms. The molecule has 0 unspecified atom stereocenters. The van der Waals surface area contributed by atoms with Crippen molar-refractivity contribution in [3.8, 4) is 0 Å². The predicted octanol–water partition coefficient (Wildman–Crippen LogP) is 1.86. The summed E-state index contributed by atoms with van der Waals surface area (Å²) in [5.41, 5.74) is 0. The maximum absolute atomic E-state index is 3.65. The van der Waals surface area contributed by atoms with Gasteiger partial charge in [0.25, 0.3) is 0 Å². The molecule has 0 aromatic carbocycles. The first-order valence-corrected chi connectivity index (χ1v) is 7.45. The molecule has 0 amide bonds. The van der Waals surface area contributed by atoms with Crippen LogP contribution < -0.4 is 10.6 Å². The van der Waals surface area contributed by atoms with E-state index in [0.717, 1.165) is 17.2 Å². The molecular weight excluding hydrogens is 204 g/mol. The van der Waals surface area contributed by atoms with E-state index in [1.54, 1.807) is 0 Å². The van der Waals surface area contributed by atoms with Crippen molar-refractivity contribution in [1.29, 1.82) is 0 Å². The second-order valence-electron chi connectivity index (χ2n) is 5.05. The third-order valence-corrected chi connectivity index (χ3v) is 4.93. The minimum Gasteiger partial charge on any atom is -0.317 e. The molecule has 0 atom stereocenters. The van der Waals surface area contributed by atoms with Crippen molar-refractivity contribution >= 4 is 11.8 Å². The highest BCUT2D eigenvalue weighted by Crippen LogP contribution is 2.26. The maximum Gasteiger partial charge on any atom is 0.00724 e. The third kappa shape index (κ3) is 3.97. The highest BCUT2D eigenvalue weighted by Gasteiger charge is 2.24. The zero-order chi connectivity index (χ0) is 10.5. The molecule has 1 saturated carbocycles. The van der Waals surface area contributed by atoms with Crippen LogP contribution in [0, 0.1) is 5.92 Å². The first-order valence-electron chi connectivity index (χ1n) is 6.40. The zero-order valence-electron chi connectivity index (χ0n) is 9.80. The number of rotatable bonds is 5. The van der Waals surface area contributed by atoms with Crippen LogP contribution in [0.15, 0.2) is 0 Å². The fourth-order valence-electron chi connectivity index (χ4n) is 2.52. The van der Waals surface area contributed by atoms with Crippen molar-refractivity contribution in [1.82, 2.24) is 10.6 Å². The molecule has 0 aromatic rings. The Morgan fingerprint density at radius 3 is 2.67 bits per heavy atom. The average Bonchev–Trinajstić information content (AvgIpc) is 2.23. The molecule has 2 N–H and O–H groups in total. The molecule has 2 nitrogen and oxygen atoms in total. The van der Waals surface area contributed by atoms with Gasteiger partial charge in [-0.15, -0.1) is 0 Å². The Hall–Kier alpha value is 0.270. The van der Waals surface area contributed by atoms with E-state index in [4.69, 9.17) is 0 Å². The number of hydrogen-bond acceptors (Lipinski definition) is 3. The van der Waals surface area contributed by atoms with Crippen LogP contribution in [0.25, 0.3) is 0 Å². The van der Waals surface area contributed by atoms with Crippen LogP contribution in [0.3, 0.4) is 0 Å². The van der Waals surface area contributed by atoms with Crippen LogP contribution in [0.4, 0.5) is 0 Å². The predicted molar refractivity (Wildman–Crippen MR) is 68.5 cm³/mol. The number of thioether (sulfide) groups is 1. The quantitative estimate of drug-likeness (QED) is 0.702. The molecule has 1 saturated heterocycles. The van der Waals surface area contributed by atoms with Crippen molar-refractivity contribution in [3.63, 3.8) is 0 Å². The molecule has 0 aromatic heterocycles. The Kier molecular flexibility index (Phi) is 4.79. The minimum absolute atomic E-state index is 0.841. The fourth-order valence-corrected chi connectivity index (χ4v) is 3.66. The van der Waals surface area contributed by atoms with Gasteiger partial charge in [-0.3, -0.25) is 0 Å². The fraction of sp³-hybridized carbons (Fsp3) is 1.00. The first-order chi connectivity index (χ1) is 7.34. The zero-order valence-corrected chi connectivity index (χ0v) is 10.6. The Morgan fingerprint density at radius 1 is 1.27 bits per heavy atom. The van der Waals surface area contributed by atoms with E-state index < -0.39 is 0 Å². The monoisotopic (exact) mass is 228 g/mol. The van der Waals surface area contributed by atoms with Crippen molar-refractivity contribution in [3.05, 3.63) is 0 Å². The third-order valence-electron chi connectivity index (χ3n) is 3.55. The molecule has 88 valence electrons. The van der Waals surface area contributed by atoms with E-state index in [0.29, 0.717) is 0 Å². The number of nitrogens with one attached hydrogen (secondary N) is 2. The first kappa shape index (κ1) is 11.7. The molecule has 0 bridgehead atoms. The molecule has 1 heterocycles. The molecule has 2 rings (SSSR count). The summed E-state index contributed by atoms with van der Waals surface area (Å²) in [7, 11) is 0. The summed E-state index contributed by atoms with van der Waals surface area (Å²) in [5.74, 6) is 2.27. The lowest BCUT2D eigenvalue weighted by Gasteiger charge is -2.33. The average molecular weight is 228 g/mol. The summed E-state index contributed by atoms with van der Waals surface area (Å²) < 4.78 is 0. The van der Waals surface area contributed by atoms with Gasteiger partial charge in [0.1, 0.15) is 0 Å². The van der Waals surface area contributed by atoms with Crippen molar-refractivity contribution in [2.75, 3.05) is 25.4 Å². The van der Waals surface area contributed by atoms with Gasteiger partial charge in [-0.05, 0) is 44.7 Å². The van der Waals surface area contributed by atoms with Crippen LogP contribution in [-0.2, 0) is 0 Å². The van der Waals surface area contributed by atoms with Gasteiger partial charge in [0.05, 0.1) is 0 Å². The molecule has 1 aliphatic heterocycles. The van der Waals surface area contributed by atoms with Gasteiger partial charge in [-0.2, -0.15) is 11.8 Å². The molecule has 1 aliphatic carbocycles. The largest absolute Gasteiger partial charge is 0.317 e. The van der Waals surface area contributed by atoms with Crippen LogP contribution in [-0.4, -0.2) is 36.7 Å². The van der Waals surface area contributed by atoms with E-state index in [2.05, 4.69) is 29.3 Å². The molecular formula is C12H24N2S. The normalized spacial score (nSPS) is 32.6. The number of piperidine rings is 1. The standard InChI is InChI=1S/C12H24N2S/c1-10-8-11(9-10)14-6-7-15-12-2-4-13-5-3-12/h10-14H,2-9H2,1H3. The lowest BCUT2D eigenvalue weighted by molar-refractivity contribution is 0.246. The van der Waals surface area contributed by atoms with Crippen molar-refractivity contribution in [2.45, 2.75) is 43.9 Å². The second kappa shape index (κ2) is 6.12. The summed E-state index contributed by atoms with van der Waals surface area (Å²) >= 11 is 2.17. The van der Waals surface area contributed by atoms with Gasteiger partial charge < -0.3 is 10.6 Å². The van der Waals surface area contributed by atoms with Gasteiger partial charge in [0.2, 0.25) is 0 Å². The van der Waals surface area contributed by atoms with E-state index in [9.17, 15) is 0 Å². The van der Waals surface area contributed by atoms with E-state index in [1.807, 2.05) is 0 Å². The Morgan fingerprint density at radius 2 is 2.00 bits per heavy atom. The van der Waals surface area contributed by atoms with E-state index >= 15 is 0 Å². The molecule has 0 spiro atoms. The van der Waals surface area contributed by atoms with Gasteiger partial charge in [-0.1, -0.05) is 6.92 Å². The van der Waals surface area contributed by atoms with Crippen LogP contribution in [0.5, 0.6) is 0 Å². The Labute approximate surface area is 98.0 Å². The second-order valence-corrected chi connectivity index (χ2v) is 6.46.